The fraction of sp³-hybridized carbons (Fsp3) is 0.600. The molecule has 1 N–H and O–H groups in total. The Balaban J connectivity index is 1.73. The van der Waals surface area contributed by atoms with Crippen LogP contribution in [0.4, 0.5) is 0 Å². The molecule has 5 nitrogen and oxygen atoms in total. The topological polar surface area (TPSA) is 51.2 Å². The maximum absolute atomic E-state index is 10.6. The van der Waals surface area contributed by atoms with Crippen LogP contribution in [0.25, 0.3) is 0 Å². The molecule has 3 aliphatic heterocycles. The molecule has 0 radical (unpaired) electrons. The van der Waals surface area contributed by atoms with Gasteiger partial charge in [0.2, 0.25) is 6.79 Å². The average Bonchev–Trinajstić information content (AvgIpc) is 3.10. The minimum absolute atomic E-state index is 0.0909. The van der Waals surface area contributed by atoms with Crippen molar-refractivity contribution in [3.8, 4) is 11.5 Å². The van der Waals surface area contributed by atoms with Crippen molar-refractivity contribution >= 4 is 0 Å². The van der Waals surface area contributed by atoms with Crippen LogP contribution in [0.1, 0.15) is 30.9 Å². The minimum atomic E-state index is -0.405. The van der Waals surface area contributed by atoms with Gasteiger partial charge >= 0.3 is 0 Å². The first-order valence-corrected chi connectivity index (χ1v) is 9.15. The van der Waals surface area contributed by atoms with Crippen molar-refractivity contribution in [3.63, 3.8) is 0 Å². The van der Waals surface area contributed by atoms with Gasteiger partial charge in [-0.2, -0.15) is 0 Å². The largest absolute Gasteiger partial charge is 0.454 e. The Morgan fingerprint density at radius 3 is 2.84 bits per heavy atom. The van der Waals surface area contributed by atoms with Crippen LogP contribution < -0.4 is 9.47 Å². The molecule has 0 aromatic heterocycles. The third kappa shape index (κ3) is 1.94. The second-order valence-electron chi connectivity index (χ2n) is 7.95. The molecule has 3 heterocycles. The molecule has 4 atom stereocenters. The van der Waals surface area contributed by atoms with Gasteiger partial charge in [0.1, 0.15) is 0 Å². The van der Waals surface area contributed by atoms with Gasteiger partial charge in [-0.25, -0.2) is 0 Å². The first kappa shape index (κ1) is 15.7. The van der Waals surface area contributed by atoms with Crippen molar-refractivity contribution in [1.29, 1.82) is 0 Å². The number of benzene rings is 1. The lowest BCUT2D eigenvalue weighted by Crippen LogP contribution is -2.66. The number of fused-ring (bicyclic) bond motifs is 3. The van der Waals surface area contributed by atoms with E-state index >= 15 is 0 Å². The number of aliphatic hydroxyl groups is 1. The van der Waals surface area contributed by atoms with Gasteiger partial charge < -0.3 is 19.3 Å². The second kappa shape index (κ2) is 5.22. The molecule has 0 bridgehead atoms. The van der Waals surface area contributed by atoms with Gasteiger partial charge in [0.15, 0.2) is 11.5 Å². The minimum Gasteiger partial charge on any atom is -0.454 e. The number of hydrogen-bond acceptors (Lipinski definition) is 5. The molecule has 5 rings (SSSR count). The van der Waals surface area contributed by atoms with Crippen LogP contribution >= 0.6 is 0 Å². The highest BCUT2D eigenvalue weighted by atomic mass is 16.7. The van der Waals surface area contributed by atoms with Gasteiger partial charge in [0.05, 0.1) is 17.6 Å². The van der Waals surface area contributed by atoms with Crippen molar-refractivity contribution in [2.45, 2.75) is 43.4 Å². The molecule has 1 fully saturated rings. The predicted octanol–water partition coefficient (Wildman–Crippen LogP) is 2.21. The summed E-state index contributed by atoms with van der Waals surface area (Å²) in [6.45, 7) is 4.49. The third-order valence-electron chi connectivity index (χ3n) is 6.89. The van der Waals surface area contributed by atoms with Crippen LogP contribution in [-0.4, -0.2) is 48.7 Å². The van der Waals surface area contributed by atoms with Crippen molar-refractivity contribution in [2.24, 2.45) is 5.92 Å². The van der Waals surface area contributed by atoms with E-state index in [2.05, 4.69) is 36.1 Å². The Kier molecular flexibility index (Phi) is 3.28. The Bertz CT molecular complexity index is 747. The molecular weight excluding hydrogens is 318 g/mol. The number of methoxy groups -OCH3 is 1. The fourth-order valence-electron chi connectivity index (χ4n) is 5.53. The highest BCUT2D eigenvalue weighted by Crippen LogP contribution is 2.54. The Morgan fingerprint density at radius 2 is 2.08 bits per heavy atom. The highest BCUT2D eigenvalue weighted by molar-refractivity contribution is 5.55. The monoisotopic (exact) mass is 343 g/mol. The molecule has 1 aromatic rings. The van der Waals surface area contributed by atoms with Crippen LogP contribution in [0.5, 0.6) is 11.5 Å². The van der Waals surface area contributed by atoms with Crippen molar-refractivity contribution in [1.82, 2.24) is 4.90 Å². The van der Waals surface area contributed by atoms with Crippen LogP contribution in [-0.2, 0) is 16.7 Å². The summed E-state index contributed by atoms with van der Waals surface area (Å²) in [6, 6.07) is 4.44. The van der Waals surface area contributed by atoms with Crippen molar-refractivity contribution < 1.29 is 19.3 Å². The summed E-state index contributed by atoms with van der Waals surface area (Å²) in [5.41, 5.74) is 1.73. The lowest BCUT2D eigenvalue weighted by Gasteiger charge is -2.59. The Hall–Kier alpha value is -1.56. The molecule has 1 aliphatic carbocycles. The summed E-state index contributed by atoms with van der Waals surface area (Å²) in [7, 11) is 1.80. The van der Waals surface area contributed by atoms with E-state index in [-0.39, 0.29) is 25.0 Å². The first-order chi connectivity index (χ1) is 12.1. The smallest absolute Gasteiger partial charge is 0.231 e. The van der Waals surface area contributed by atoms with Crippen molar-refractivity contribution in [3.05, 3.63) is 35.4 Å². The number of aliphatic hydroxyl groups excluding tert-OH is 1. The summed E-state index contributed by atoms with van der Waals surface area (Å²) in [5, 5.41) is 10.6. The van der Waals surface area contributed by atoms with E-state index in [1.54, 1.807) is 7.11 Å². The maximum atomic E-state index is 10.6. The molecule has 134 valence electrons. The highest BCUT2D eigenvalue weighted by Gasteiger charge is 2.57. The van der Waals surface area contributed by atoms with Crippen LogP contribution in [0.3, 0.4) is 0 Å². The Labute approximate surface area is 148 Å². The molecular formula is C20H25NO4. The number of ether oxygens (including phenoxy) is 3. The summed E-state index contributed by atoms with van der Waals surface area (Å²) < 4.78 is 17.1. The lowest BCUT2D eigenvalue weighted by molar-refractivity contribution is -0.0986. The normalized spacial score (nSPS) is 38.4. The van der Waals surface area contributed by atoms with Gasteiger partial charge in [0.25, 0.3) is 0 Å². The van der Waals surface area contributed by atoms with Crippen LogP contribution in [0.15, 0.2) is 24.3 Å². The number of rotatable bonds is 2. The van der Waals surface area contributed by atoms with E-state index in [4.69, 9.17) is 14.2 Å². The molecule has 5 heteroatoms. The molecule has 25 heavy (non-hydrogen) atoms. The van der Waals surface area contributed by atoms with Crippen LogP contribution in [0.2, 0.25) is 0 Å². The second-order valence-corrected chi connectivity index (χ2v) is 7.95. The number of hydrogen-bond donors (Lipinski definition) is 1. The summed E-state index contributed by atoms with van der Waals surface area (Å²) in [4.78, 5) is 2.54. The van der Waals surface area contributed by atoms with Crippen molar-refractivity contribution in [2.75, 3.05) is 27.1 Å². The lowest BCUT2D eigenvalue weighted by atomic mass is 9.57. The maximum Gasteiger partial charge on any atom is 0.231 e. The zero-order valence-electron chi connectivity index (χ0n) is 14.8. The standard InChI is InChI=1S/C20H25NO4/c1-19(23-2)5-6-20(11-22)15-9-17-16(24-12-25-17)8-13(15)10-21-7-3-4-14(19)18(20)21/h5-6,8-9,14,18,22H,3-4,7,10-12H2,1-2H3/t14?,18-,19?,20?/m1/s1. The zero-order valence-corrected chi connectivity index (χ0v) is 14.8. The predicted molar refractivity (Wildman–Crippen MR) is 92.8 cm³/mol. The van der Waals surface area contributed by atoms with Gasteiger partial charge in [-0.05, 0) is 49.6 Å². The van der Waals surface area contributed by atoms with Gasteiger partial charge in [-0.1, -0.05) is 12.2 Å². The molecule has 0 saturated carbocycles. The fourth-order valence-corrected chi connectivity index (χ4v) is 5.53. The van der Waals surface area contributed by atoms with Crippen LogP contribution in [0, 0.1) is 5.92 Å². The quantitative estimate of drug-likeness (QED) is 0.835. The van der Waals surface area contributed by atoms with E-state index in [0.29, 0.717) is 5.92 Å². The third-order valence-corrected chi connectivity index (χ3v) is 6.89. The van der Waals surface area contributed by atoms with Gasteiger partial charge in [-0.15, -0.1) is 0 Å². The SMILES string of the molecule is COC1(C)C=CC2(CO)c3cc4c(cc3CN3CCCC1[C@@H]32)OCO4. The molecule has 4 aliphatic rings. The molecule has 0 amide bonds. The molecule has 1 aromatic carbocycles. The average molecular weight is 343 g/mol. The van der Waals surface area contributed by atoms with Gasteiger partial charge in [0, 0.05) is 25.6 Å². The number of piperidine rings is 1. The van der Waals surface area contributed by atoms with E-state index in [1.165, 1.54) is 11.1 Å². The van der Waals surface area contributed by atoms with E-state index in [0.717, 1.165) is 37.4 Å². The summed E-state index contributed by atoms with van der Waals surface area (Å²) in [6.07, 6.45) is 6.65. The van der Waals surface area contributed by atoms with Gasteiger partial charge in [-0.3, -0.25) is 4.90 Å². The van der Waals surface area contributed by atoms with E-state index in [1.807, 2.05) is 0 Å². The van der Waals surface area contributed by atoms with E-state index < -0.39 is 5.41 Å². The molecule has 0 spiro atoms. The molecule has 3 unspecified atom stereocenters. The summed E-state index contributed by atoms with van der Waals surface area (Å²) >= 11 is 0. The Morgan fingerprint density at radius 1 is 1.28 bits per heavy atom. The summed E-state index contributed by atoms with van der Waals surface area (Å²) in [5.74, 6) is 1.98. The zero-order chi connectivity index (χ0) is 17.2. The first-order valence-electron chi connectivity index (χ1n) is 9.15. The van der Waals surface area contributed by atoms with E-state index in [9.17, 15) is 5.11 Å². The molecule has 1 saturated heterocycles. The number of nitrogens with zero attached hydrogens (tertiary/aromatic N) is 1.